The van der Waals surface area contributed by atoms with Crippen LogP contribution < -0.4 is 10.5 Å². The zero-order valence-corrected chi connectivity index (χ0v) is 16.2. The van der Waals surface area contributed by atoms with Crippen molar-refractivity contribution in [3.63, 3.8) is 0 Å². The van der Waals surface area contributed by atoms with Gasteiger partial charge in [0, 0.05) is 18.2 Å². The first-order valence-electron chi connectivity index (χ1n) is 9.26. The molecule has 144 valence electrons. The van der Waals surface area contributed by atoms with Gasteiger partial charge in [0.1, 0.15) is 17.1 Å². The molecule has 0 unspecified atom stereocenters. The lowest BCUT2D eigenvalue weighted by molar-refractivity contribution is 0.0975. The summed E-state index contributed by atoms with van der Waals surface area (Å²) in [5.41, 5.74) is 10.5. The highest BCUT2D eigenvalue weighted by Crippen LogP contribution is 2.43. The molecule has 0 saturated carbocycles. The van der Waals surface area contributed by atoms with Crippen molar-refractivity contribution in [2.24, 2.45) is 0 Å². The largest absolute Gasteiger partial charge is 0.497 e. The highest BCUT2D eigenvalue weighted by molar-refractivity contribution is 5.98. The Morgan fingerprint density at radius 1 is 1.32 bits per heavy atom. The van der Waals surface area contributed by atoms with Crippen LogP contribution in [-0.2, 0) is 18.3 Å². The van der Waals surface area contributed by atoms with Gasteiger partial charge in [-0.3, -0.25) is 9.89 Å². The van der Waals surface area contributed by atoms with Crippen molar-refractivity contribution < 1.29 is 9.53 Å². The summed E-state index contributed by atoms with van der Waals surface area (Å²) in [6.07, 6.45) is 3.50. The molecule has 0 bridgehead atoms. The maximum atomic E-state index is 13.0. The number of rotatable bonds is 5. The predicted octanol–water partition coefficient (Wildman–Crippen LogP) is 3.11. The Kier molecular flexibility index (Phi) is 4.37. The molecule has 1 aromatic carbocycles. The highest BCUT2D eigenvalue weighted by Gasteiger charge is 2.38. The summed E-state index contributed by atoms with van der Waals surface area (Å²) >= 11 is 0. The van der Waals surface area contributed by atoms with Crippen LogP contribution in [-0.4, -0.2) is 33.1 Å². The van der Waals surface area contributed by atoms with Crippen molar-refractivity contribution in [2.75, 3.05) is 12.8 Å². The molecule has 0 radical (unpaired) electrons. The lowest BCUT2D eigenvalue weighted by atomic mass is 9.72. The molecule has 0 amide bonds. The number of aromatic nitrogens is 4. The van der Waals surface area contributed by atoms with E-state index in [1.165, 1.54) is 0 Å². The smallest absolute Gasteiger partial charge is 0.220 e. The molecular formula is C21H23N5O2. The minimum absolute atomic E-state index is 0.0372. The average Bonchev–Trinajstić information content (AvgIpc) is 3.14. The molecule has 3 N–H and O–H groups in total. The van der Waals surface area contributed by atoms with Crippen LogP contribution in [0.1, 0.15) is 47.4 Å². The van der Waals surface area contributed by atoms with E-state index in [0.29, 0.717) is 29.9 Å². The Hall–Kier alpha value is -3.22. The third-order valence-corrected chi connectivity index (χ3v) is 5.24. The van der Waals surface area contributed by atoms with E-state index < -0.39 is 0 Å². The minimum Gasteiger partial charge on any atom is -0.497 e. The number of nitrogens with zero attached hydrogens (tertiary/aromatic N) is 3. The molecule has 2 heterocycles. The fourth-order valence-corrected chi connectivity index (χ4v) is 3.90. The Labute approximate surface area is 163 Å². The molecule has 7 heteroatoms. The molecule has 0 fully saturated rings. The number of carbonyl (C=O) groups is 1. The summed E-state index contributed by atoms with van der Waals surface area (Å²) in [5, 5.41) is 7.39. The standard InChI is InChI=1S/C21H23N5O2/c1-21(2)10-13-11-23-20(22)24-17(13)19-16(21)18(25-26-19)15(27)8-7-12-5-4-6-14(9-12)28-3/h4-6,9,11H,7-8,10H2,1-3H3,(H,25,26)(H2,22,23,24). The molecule has 2 aromatic heterocycles. The second-order valence-corrected chi connectivity index (χ2v) is 7.76. The van der Waals surface area contributed by atoms with Gasteiger partial charge in [-0.2, -0.15) is 5.10 Å². The van der Waals surface area contributed by atoms with Crippen LogP contribution in [0.3, 0.4) is 0 Å². The van der Waals surface area contributed by atoms with Gasteiger partial charge in [-0.25, -0.2) is 9.97 Å². The third-order valence-electron chi connectivity index (χ3n) is 5.24. The van der Waals surface area contributed by atoms with Gasteiger partial charge in [-0.05, 0) is 41.5 Å². The van der Waals surface area contributed by atoms with Crippen LogP contribution in [0.4, 0.5) is 5.95 Å². The van der Waals surface area contributed by atoms with Crippen molar-refractivity contribution in [1.29, 1.82) is 0 Å². The van der Waals surface area contributed by atoms with Gasteiger partial charge in [0.2, 0.25) is 5.95 Å². The predicted molar refractivity (Wildman–Crippen MR) is 106 cm³/mol. The van der Waals surface area contributed by atoms with Crippen molar-refractivity contribution in [3.8, 4) is 17.1 Å². The Bertz CT molecular complexity index is 1050. The molecule has 1 aliphatic carbocycles. The average molecular weight is 377 g/mol. The molecule has 0 aliphatic heterocycles. The number of H-pyrrole nitrogens is 1. The molecule has 28 heavy (non-hydrogen) atoms. The number of anilines is 1. The number of nitrogen functional groups attached to an aromatic ring is 1. The van der Waals surface area contributed by atoms with Gasteiger partial charge in [-0.1, -0.05) is 26.0 Å². The van der Waals surface area contributed by atoms with Gasteiger partial charge < -0.3 is 10.5 Å². The summed E-state index contributed by atoms with van der Waals surface area (Å²) in [6, 6.07) is 7.78. The number of aryl methyl sites for hydroxylation is 1. The third kappa shape index (κ3) is 3.13. The number of benzene rings is 1. The van der Waals surface area contributed by atoms with Crippen LogP contribution in [0.5, 0.6) is 5.75 Å². The van der Waals surface area contributed by atoms with Crippen LogP contribution in [0, 0.1) is 0 Å². The number of nitrogens with two attached hydrogens (primary N) is 1. The van der Waals surface area contributed by atoms with E-state index in [-0.39, 0.29) is 17.1 Å². The van der Waals surface area contributed by atoms with E-state index >= 15 is 0 Å². The van der Waals surface area contributed by atoms with E-state index in [1.807, 2.05) is 24.3 Å². The molecule has 0 saturated heterocycles. The van der Waals surface area contributed by atoms with E-state index in [0.717, 1.165) is 28.9 Å². The number of ketones is 1. The first-order chi connectivity index (χ1) is 13.4. The summed E-state index contributed by atoms with van der Waals surface area (Å²) in [5.74, 6) is 1.03. The lowest BCUT2D eigenvalue weighted by Gasteiger charge is -2.30. The maximum Gasteiger partial charge on any atom is 0.220 e. The summed E-state index contributed by atoms with van der Waals surface area (Å²) in [4.78, 5) is 21.5. The van der Waals surface area contributed by atoms with Crippen LogP contribution in [0.25, 0.3) is 11.4 Å². The number of fused-ring (bicyclic) bond motifs is 3. The number of nitrogens with one attached hydrogen (secondary N) is 1. The zero-order chi connectivity index (χ0) is 19.9. The maximum absolute atomic E-state index is 13.0. The fraction of sp³-hybridized carbons (Fsp3) is 0.333. The van der Waals surface area contributed by atoms with Gasteiger partial charge >= 0.3 is 0 Å². The van der Waals surface area contributed by atoms with E-state index in [4.69, 9.17) is 10.5 Å². The van der Waals surface area contributed by atoms with Crippen molar-refractivity contribution in [1.82, 2.24) is 20.2 Å². The number of aromatic amines is 1. The van der Waals surface area contributed by atoms with Crippen LogP contribution >= 0.6 is 0 Å². The van der Waals surface area contributed by atoms with Crippen LogP contribution in [0.15, 0.2) is 30.5 Å². The van der Waals surface area contributed by atoms with Gasteiger partial charge in [0.25, 0.3) is 0 Å². The Morgan fingerprint density at radius 2 is 2.14 bits per heavy atom. The van der Waals surface area contributed by atoms with E-state index in [2.05, 4.69) is 34.0 Å². The van der Waals surface area contributed by atoms with Crippen molar-refractivity contribution in [3.05, 3.63) is 52.8 Å². The number of hydrogen-bond donors (Lipinski definition) is 2. The number of Topliss-reactive ketones (excluding diaryl/α,β-unsaturated/α-hetero) is 1. The second-order valence-electron chi connectivity index (χ2n) is 7.76. The number of carbonyl (C=O) groups excluding carboxylic acids is 1. The molecule has 1 aliphatic rings. The quantitative estimate of drug-likeness (QED) is 0.662. The van der Waals surface area contributed by atoms with Gasteiger partial charge in [0.15, 0.2) is 5.78 Å². The first-order valence-corrected chi connectivity index (χ1v) is 9.26. The fourth-order valence-electron chi connectivity index (χ4n) is 3.90. The number of methoxy groups -OCH3 is 1. The SMILES string of the molecule is COc1cccc(CCC(=O)c2[nH]nc3c2C(C)(C)Cc2cnc(N)nc2-3)c1. The first kappa shape index (κ1) is 18.2. The summed E-state index contributed by atoms with van der Waals surface area (Å²) < 4.78 is 5.26. The van der Waals surface area contributed by atoms with E-state index in [1.54, 1.807) is 13.3 Å². The van der Waals surface area contributed by atoms with Crippen molar-refractivity contribution >= 4 is 11.7 Å². The molecule has 0 atom stereocenters. The number of hydrogen-bond acceptors (Lipinski definition) is 6. The molecular weight excluding hydrogens is 354 g/mol. The van der Waals surface area contributed by atoms with E-state index in [9.17, 15) is 4.79 Å². The minimum atomic E-state index is -0.254. The highest BCUT2D eigenvalue weighted by atomic mass is 16.5. The molecule has 4 rings (SSSR count). The zero-order valence-electron chi connectivity index (χ0n) is 16.2. The molecule has 0 spiro atoms. The normalized spacial score (nSPS) is 14.2. The topological polar surface area (TPSA) is 107 Å². The monoisotopic (exact) mass is 377 g/mol. The van der Waals surface area contributed by atoms with Crippen LogP contribution in [0.2, 0.25) is 0 Å². The summed E-state index contributed by atoms with van der Waals surface area (Å²) in [7, 11) is 1.64. The Balaban J connectivity index is 1.64. The second kappa shape index (κ2) is 6.74. The van der Waals surface area contributed by atoms with Crippen molar-refractivity contribution in [2.45, 2.75) is 38.5 Å². The Morgan fingerprint density at radius 3 is 2.93 bits per heavy atom. The lowest BCUT2D eigenvalue weighted by Crippen LogP contribution is -2.28. The van der Waals surface area contributed by atoms with Gasteiger partial charge in [-0.15, -0.1) is 0 Å². The summed E-state index contributed by atoms with van der Waals surface area (Å²) in [6.45, 7) is 4.22. The number of ether oxygens (including phenoxy) is 1. The van der Waals surface area contributed by atoms with Gasteiger partial charge in [0.05, 0.1) is 12.8 Å². The molecule has 3 aromatic rings. The molecule has 7 nitrogen and oxygen atoms in total.